The molecule has 0 saturated heterocycles. The van der Waals surface area contributed by atoms with Crippen molar-refractivity contribution in [2.24, 2.45) is 0 Å². The molecule has 346 valence electrons. The van der Waals surface area contributed by atoms with Crippen LogP contribution in [0.2, 0.25) is 0 Å². The van der Waals surface area contributed by atoms with Crippen LogP contribution in [0, 0.1) is 0 Å². The number of carbonyl (C=O) groups excluding carboxylic acids is 1. The van der Waals surface area contributed by atoms with Crippen molar-refractivity contribution in [2.45, 2.75) is 71.6 Å². The third kappa shape index (κ3) is 42.5. The van der Waals surface area contributed by atoms with Gasteiger partial charge >= 0.3 is 5.97 Å². The van der Waals surface area contributed by atoms with Crippen LogP contribution >= 0.6 is 0 Å². The highest BCUT2D eigenvalue weighted by molar-refractivity contribution is 5.69. The Morgan fingerprint density at radius 1 is 0.373 bits per heavy atom. The van der Waals surface area contributed by atoms with Crippen molar-refractivity contribution < 1.29 is 71.1 Å². The van der Waals surface area contributed by atoms with E-state index in [-0.39, 0.29) is 12.4 Å². The Balaban J connectivity index is 1.66. The van der Waals surface area contributed by atoms with Crippen molar-refractivity contribution in [1.82, 2.24) is 0 Å². The van der Waals surface area contributed by atoms with Crippen LogP contribution in [0.1, 0.15) is 70.8 Å². The lowest BCUT2D eigenvalue weighted by molar-refractivity contribution is -0.144. The van der Waals surface area contributed by atoms with E-state index in [4.69, 9.17) is 66.3 Å². The Morgan fingerprint density at radius 3 is 1.02 bits per heavy atom. The van der Waals surface area contributed by atoms with Gasteiger partial charge in [0, 0.05) is 0 Å². The van der Waals surface area contributed by atoms with E-state index in [1.165, 1.54) is 50.5 Å². The first kappa shape index (κ1) is 55.0. The number of ether oxygens (including phenoxy) is 14. The smallest absolute Gasteiger partial charge is 0.308 e. The zero-order valence-corrected chi connectivity index (χ0v) is 36.7. The number of aryl methyl sites for hydroxylation is 1. The maximum atomic E-state index is 11.2. The zero-order chi connectivity index (χ0) is 42.2. The molecule has 0 saturated carbocycles. The Kier molecular flexibility index (Phi) is 43.9. The van der Waals surface area contributed by atoms with Crippen LogP contribution in [0.4, 0.5) is 0 Å². The van der Waals surface area contributed by atoms with Crippen molar-refractivity contribution in [3.8, 4) is 5.75 Å². The monoisotopic (exact) mass is 849 g/mol. The average molecular weight is 849 g/mol. The number of hydrogen-bond donors (Lipinski definition) is 0. The summed E-state index contributed by atoms with van der Waals surface area (Å²) in [4.78, 5) is 11.2. The van der Waals surface area contributed by atoms with Gasteiger partial charge in [0.2, 0.25) is 0 Å². The summed E-state index contributed by atoms with van der Waals surface area (Å²) in [5.41, 5.74) is 1.38. The second kappa shape index (κ2) is 47.1. The molecule has 1 aromatic carbocycles. The van der Waals surface area contributed by atoms with Gasteiger partial charge in [0.05, 0.1) is 172 Å². The molecule has 0 aliphatic rings. The van der Waals surface area contributed by atoms with Crippen LogP contribution in [-0.2, 0) is 72.8 Å². The normalized spacial score (nSPS) is 11.4. The molecule has 0 amide bonds. The van der Waals surface area contributed by atoms with Crippen LogP contribution in [0.15, 0.2) is 24.3 Å². The van der Waals surface area contributed by atoms with E-state index >= 15 is 0 Å². The van der Waals surface area contributed by atoms with Gasteiger partial charge in [0.15, 0.2) is 0 Å². The van der Waals surface area contributed by atoms with E-state index in [0.717, 1.165) is 12.2 Å². The van der Waals surface area contributed by atoms with Gasteiger partial charge < -0.3 is 66.3 Å². The van der Waals surface area contributed by atoms with Crippen molar-refractivity contribution >= 4 is 5.97 Å². The largest absolute Gasteiger partial charge is 0.491 e. The number of unbranched alkanes of at least 4 members (excludes halogenated alkanes) is 6. The number of carbonyl (C=O) groups is 1. The first-order valence-corrected chi connectivity index (χ1v) is 22.1. The summed E-state index contributed by atoms with van der Waals surface area (Å²) in [6.45, 7) is 16.7. The molecular weight excluding hydrogens is 768 g/mol. The molecule has 0 heterocycles. The molecule has 15 nitrogen and oxygen atoms in total. The molecule has 59 heavy (non-hydrogen) atoms. The van der Waals surface area contributed by atoms with E-state index in [9.17, 15) is 4.79 Å². The summed E-state index contributed by atoms with van der Waals surface area (Å²) >= 11 is 0. The molecule has 0 unspecified atom stereocenters. The minimum absolute atomic E-state index is 0.252. The molecular formula is C44H80O15. The summed E-state index contributed by atoms with van der Waals surface area (Å²) in [7, 11) is 0. The van der Waals surface area contributed by atoms with E-state index in [1.54, 1.807) is 6.92 Å². The standard InChI is InChI=1S/C44H80O15/c1-3-5-6-7-8-9-10-11-42-12-14-43(15-13-42)59-41-40-57-39-38-56-37-36-55-35-34-54-33-32-53-31-30-52-29-28-51-27-26-50-25-24-49-23-22-48-21-20-47-19-18-46-17-16-44(45)58-4-2/h12-15H,3-11,16-41H2,1-2H3. The third-order valence-corrected chi connectivity index (χ3v) is 8.34. The van der Waals surface area contributed by atoms with E-state index in [0.29, 0.717) is 172 Å². The van der Waals surface area contributed by atoms with Gasteiger partial charge in [-0.2, -0.15) is 0 Å². The predicted molar refractivity (Wildman–Crippen MR) is 225 cm³/mol. The van der Waals surface area contributed by atoms with Crippen molar-refractivity contribution in [2.75, 3.05) is 172 Å². The molecule has 0 aliphatic heterocycles. The minimum Gasteiger partial charge on any atom is -0.491 e. The lowest BCUT2D eigenvalue weighted by Crippen LogP contribution is -2.15. The molecule has 0 aromatic heterocycles. The van der Waals surface area contributed by atoms with Crippen LogP contribution in [-0.4, -0.2) is 178 Å². The number of esters is 1. The summed E-state index contributed by atoms with van der Waals surface area (Å²) < 4.78 is 76.5. The highest BCUT2D eigenvalue weighted by Gasteiger charge is 2.02. The van der Waals surface area contributed by atoms with E-state index < -0.39 is 0 Å². The van der Waals surface area contributed by atoms with E-state index in [1.807, 2.05) is 0 Å². The van der Waals surface area contributed by atoms with Gasteiger partial charge in [0.25, 0.3) is 0 Å². The first-order chi connectivity index (χ1) is 29.3. The Labute approximate surface area is 355 Å². The molecule has 1 aromatic rings. The third-order valence-electron chi connectivity index (χ3n) is 8.34. The van der Waals surface area contributed by atoms with Gasteiger partial charge in [-0.15, -0.1) is 0 Å². The molecule has 0 bridgehead atoms. The molecule has 0 radical (unpaired) electrons. The summed E-state index contributed by atoms with van der Waals surface area (Å²) in [6, 6.07) is 8.44. The summed E-state index contributed by atoms with van der Waals surface area (Å²) in [5.74, 6) is 0.631. The molecule has 15 heteroatoms. The van der Waals surface area contributed by atoms with Crippen LogP contribution in [0.3, 0.4) is 0 Å². The van der Waals surface area contributed by atoms with Gasteiger partial charge in [0.1, 0.15) is 12.4 Å². The van der Waals surface area contributed by atoms with Crippen LogP contribution < -0.4 is 4.74 Å². The highest BCUT2D eigenvalue weighted by Crippen LogP contribution is 2.15. The lowest BCUT2D eigenvalue weighted by Gasteiger charge is -2.09. The van der Waals surface area contributed by atoms with E-state index in [2.05, 4.69) is 31.2 Å². The Hall–Kier alpha value is -1.99. The average Bonchev–Trinajstić information content (AvgIpc) is 3.24. The molecule has 0 atom stereocenters. The SMILES string of the molecule is CCCCCCCCCc1ccc(OCCOCCOCCOCCOCCOCCOCCOCCOCCOCCOCCOCCOCCC(=O)OCC)cc1. The van der Waals surface area contributed by atoms with Crippen molar-refractivity contribution in [1.29, 1.82) is 0 Å². The topological polar surface area (TPSA) is 146 Å². The fourth-order valence-corrected chi connectivity index (χ4v) is 5.17. The van der Waals surface area contributed by atoms with Crippen LogP contribution in [0.25, 0.3) is 0 Å². The fraction of sp³-hybridized carbons (Fsp3) is 0.841. The zero-order valence-electron chi connectivity index (χ0n) is 36.7. The van der Waals surface area contributed by atoms with Gasteiger partial charge in [-0.3, -0.25) is 4.79 Å². The van der Waals surface area contributed by atoms with Crippen molar-refractivity contribution in [3.05, 3.63) is 29.8 Å². The first-order valence-electron chi connectivity index (χ1n) is 22.1. The highest BCUT2D eigenvalue weighted by atomic mass is 16.6. The molecule has 0 spiro atoms. The minimum atomic E-state index is -0.252. The van der Waals surface area contributed by atoms with Gasteiger partial charge in [-0.25, -0.2) is 0 Å². The van der Waals surface area contributed by atoms with Gasteiger partial charge in [-0.1, -0.05) is 57.6 Å². The summed E-state index contributed by atoms with van der Waals surface area (Å²) in [5, 5.41) is 0. The predicted octanol–water partition coefficient (Wildman–Crippen LogP) is 5.51. The maximum Gasteiger partial charge on any atom is 0.308 e. The molecule has 0 N–H and O–H groups in total. The second-order valence-corrected chi connectivity index (χ2v) is 13.3. The Morgan fingerprint density at radius 2 is 0.678 bits per heavy atom. The quantitative estimate of drug-likeness (QED) is 0.0600. The lowest BCUT2D eigenvalue weighted by atomic mass is 10.0. The second-order valence-electron chi connectivity index (χ2n) is 13.3. The maximum absolute atomic E-state index is 11.2. The van der Waals surface area contributed by atoms with Gasteiger partial charge in [-0.05, 0) is 37.5 Å². The molecule has 1 rings (SSSR count). The molecule has 0 fully saturated rings. The fourth-order valence-electron chi connectivity index (χ4n) is 5.17. The van der Waals surface area contributed by atoms with Crippen LogP contribution in [0.5, 0.6) is 5.75 Å². The molecule has 0 aliphatic carbocycles. The Bertz CT molecular complexity index is 972. The number of rotatable bonds is 49. The number of benzene rings is 1. The summed E-state index contributed by atoms with van der Waals surface area (Å²) in [6.07, 6.45) is 10.7. The number of hydrogen-bond acceptors (Lipinski definition) is 15. The van der Waals surface area contributed by atoms with Crippen molar-refractivity contribution in [3.63, 3.8) is 0 Å².